The number of hydrogen-bond donors (Lipinski definition) is 1. The number of ether oxygens (including phenoxy) is 2. The molecule has 10 heteroatoms. The highest BCUT2D eigenvalue weighted by Crippen LogP contribution is 2.32. The predicted octanol–water partition coefficient (Wildman–Crippen LogP) is 4.26. The van der Waals surface area contributed by atoms with Crippen LogP contribution in [-0.2, 0) is 9.47 Å². The van der Waals surface area contributed by atoms with E-state index in [0.29, 0.717) is 28.7 Å². The maximum Gasteiger partial charge on any atom is 0.338 e. The molecule has 36 heavy (non-hydrogen) atoms. The molecule has 182 valence electrons. The number of rotatable bonds is 6. The van der Waals surface area contributed by atoms with E-state index in [1.165, 1.54) is 0 Å². The Morgan fingerprint density at radius 1 is 0.972 bits per heavy atom. The van der Waals surface area contributed by atoms with Crippen LogP contribution in [0.3, 0.4) is 0 Å². The third-order valence-electron chi connectivity index (χ3n) is 5.97. The van der Waals surface area contributed by atoms with E-state index in [4.69, 9.17) is 26.8 Å². The van der Waals surface area contributed by atoms with Crippen LogP contribution in [0.1, 0.15) is 33.2 Å². The number of nitrogen functional groups attached to an aromatic ring is 1. The summed E-state index contributed by atoms with van der Waals surface area (Å²) in [7, 11) is 0. The number of imidazole rings is 1. The highest BCUT2D eigenvalue weighted by atomic mass is 35.5. The minimum absolute atomic E-state index is 0.0341. The first-order valence-electron chi connectivity index (χ1n) is 11.3. The number of carbonyl (C=O) groups is 2. The van der Waals surface area contributed by atoms with Gasteiger partial charge in [-0.25, -0.2) is 14.6 Å². The predicted molar refractivity (Wildman–Crippen MR) is 133 cm³/mol. The molecule has 2 heterocycles. The second kappa shape index (κ2) is 10.2. The van der Waals surface area contributed by atoms with Gasteiger partial charge in [-0.05, 0) is 24.3 Å². The van der Waals surface area contributed by atoms with Crippen LogP contribution in [0.25, 0.3) is 11.2 Å². The number of benzene rings is 2. The van der Waals surface area contributed by atoms with Crippen molar-refractivity contribution in [1.29, 1.82) is 0 Å². The quantitative estimate of drug-likeness (QED) is 0.235. The second-order valence-electron chi connectivity index (χ2n) is 8.32. The normalized spacial score (nSPS) is 19.2. The van der Waals surface area contributed by atoms with Crippen molar-refractivity contribution in [3.63, 3.8) is 0 Å². The number of esters is 2. The molecular weight excluding hydrogens is 482 g/mol. The largest absolute Gasteiger partial charge is 0.461 e. The number of nitrogens with zero attached hydrogens (tertiary/aromatic N) is 4. The maximum atomic E-state index is 12.9. The molecule has 0 saturated heterocycles. The second-order valence-corrected chi connectivity index (χ2v) is 8.68. The molecule has 0 unspecified atom stereocenters. The average Bonchev–Trinajstić information content (AvgIpc) is 3.33. The van der Waals surface area contributed by atoms with Gasteiger partial charge in [0, 0.05) is 12.3 Å². The van der Waals surface area contributed by atoms with E-state index in [9.17, 15) is 9.59 Å². The van der Waals surface area contributed by atoms with Crippen LogP contribution in [0.4, 0.5) is 5.95 Å². The zero-order valence-electron chi connectivity index (χ0n) is 19.0. The Morgan fingerprint density at radius 3 is 2.33 bits per heavy atom. The summed E-state index contributed by atoms with van der Waals surface area (Å²) < 4.78 is 13.3. The number of carbonyl (C=O) groups excluding carboxylic acids is 2. The van der Waals surface area contributed by atoms with Crippen molar-refractivity contribution in [1.82, 2.24) is 19.5 Å². The fourth-order valence-electron chi connectivity index (χ4n) is 4.14. The summed E-state index contributed by atoms with van der Waals surface area (Å²) in [4.78, 5) is 37.9. The molecule has 0 aliphatic heterocycles. The van der Waals surface area contributed by atoms with Gasteiger partial charge in [-0.3, -0.25) is 0 Å². The number of halogens is 1. The molecule has 5 rings (SSSR count). The van der Waals surface area contributed by atoms with Gasteiger partial charge in [0.15, 0.2) is 10.8 Å². The zero-order valence-corrected chi connectivity index (χ0v) is 19.8. The molecule has 1 aliphatic carbocycles. The fraction of sp³-hybridized carbons (Fsp3) is 0.192. The van der Waals surface area contributed by atoms with Crippen molar-refractivity contribution in [3.05, 3.63) is 95.4 Å². The van der Waals surface area contributed by atoms with E-state index in [1.54, 1.807) is 54.9 Å². The Kier molecular flexibility index (Phi) is 6.64. The SMILES string of the molecule is Nc1nc(Cl)c2ncn([C@H]3C=C[C@@H](COC(=O)c4ccccc4)[C@H](OC(=O)c4ccccc4)C3)c2n1. The Hall–Kier alpha value is -4.24. The molecule has 2 N–H and O–H groups in total. The maximum absolute atomic E-state index is 12.9. The highest BCUT2D eigenvalue weighted by molar-refractivity contribution is 6.33. The van der Waals surface area contributed by atoms with Gasteiger partial charge in [0.2, 0.25) is 5.95 Å². The molecule has 4 aromatic rings. The molecule has 0 saturated carbocycles. The minimum atomic E-state index is -0.580. The summed E-state index contributed by atoms with van der Waals surface area (Å²) in [5.74, 6) is -1.22. The van der Waals surface area contributed by atoms with Crippen molar-refractivity contribution in [2.45, 2.75) is 18.6 Å². The van der Waals surface area contributed by atoms with Crippen molar-refractivity contribution >= 4 is 40.7 Å². The third-order valence-corrected chi connectivity index (χ3v) is 6.23. The van der Waals surface area contributed by atoms with Crippen LogP contribution in [0.15, 0.2) is 79.1 Å². The summed E-state index contributed by atoms with van der Waals surface area (Å²) in [6, 6.07) is 17.2. The van der Waals surface area contributed by atoms with Gasteiger partial charge in [0.25, 0.3) is 0 Å². The summed E-state index contributed by atoms with van der Waals surface area (Å²) in [5, 5.41) is 0.161. The van der Waals surface area contributed by atoms with Gasteiger partial charge in [-0.15, -0.1) is 0 Å². The van der Waals surface area contributed by atoms with Gasteiger partial charge in [0.05, 0.1) is 23.5 Å². The lowest BCUT2D eigenvalue weighted by molar-refractivity contribution is -0.00246. The number of anilines is 1. The monoisotopic (exact) mass is 503 g/mol. The molecule has 9 nitrogen and oxygen atoms in total. The lowest BCUT2D eigenvalue weighted by Crippen LogP contribution is -2.35. The average molecular weight is 504 g/mol. The van der Waals surface area contributed by atoms with E-state index >= 15 is 0 Å². The standard InChI is InChI=1S/C26H22ClN5O4/c27-22-21-23(31-26(28)30-22)32(15-29-21)19-12-11-18(14-35-24(33)16-7-3-1-4-8-16)20(13-19)36-25(34)17-9-5-2-6-10-17/h1-12,15,18-20H,13-14H2,(H2,28,30,31)/t18-,19-,20+/m0/s1. The topological polar surface area (TPSA) is 122 Å². The summed E-state index contributed by atoms with van der Waals surface area (Å²) >= 11 is 6.18. The van der Waals surface area contributed by atoms with E-state index in [2.05, 4.69) is 15.0 Å². The van der Waals surface area contributed by atoms with Crippen molar-refractivity contribution in [2.24, 2.45) is 5.92 Å². The number of nitrogens with two attached hydrogens (primary N) is 1. The first-order chi connectivity index (χ1) is 17.5. The molecule has 0 amide bonds. The lowest BCUT2D eigenvalue weighted by Gasteiger charge is -2.32. The number of hydrogen-bond acceptors (Lipinski definition) is 8. The number of fused-ring (bicyclic) bond motifs is 1. The lowest BCUT2D eigenvalue weighted by atomic mass is 9.90. The van der Waals surface area contributed by atoms with Gasteiger partial charge in [-0.2, -0.15) is 9.97 Å². The van der Waals surface area contributed by atoms with Crippen molar-refractivity contribution in [3.8, 4) is 0 Å². The van der Waals surface area contributed by atoms with Crippen molar-refractivity contribution in [2.75, 3.05) is 12.3 Å². The van der Waals surface area contributed by atoms with Crippen LogP contribution in [0.2, 0.25) is 5.15 Å². The molecule has 3 atom stereocenters. The molecule has 0 radical (unpaired) electrons. The Balaban J connectivity index is 1.40. The minimum Gasteiger partial charge on any atom is -0.461 e. The fourth-order valence-corrected chi connectivity index (χ4v) is 4.36. The van der Waals surface area contributed by atoms with E-state index in [1.807, 2.05) is 28.9 Å². The molecule has 2 aromatic heterocycles. The number of aromatic nitrogens is 4. The first-order valence-corrected chi connectivity index (χ1v) is 11.7. The Bertz CT molecular complexity index is 1420. The molecule has 2 aromatic carbocycles. The van der Waals surface area contributed by atoms with E-state index < -0.39 is 18.0 Å². The van der Waals surface area contributed by atoms with Crippen LogP contribution < -0.4 is 5.73 Å². The Morgan fingerprint density at radius 2 is 1.64 bits per heavy atom. The smallest absolute Gasteiger partial charge is 0.338 e. The third kappa shape index (κ3) is 4.92. The van der Waals surface area contributed by atoms with Gasteiger partial charge >= 0.3 is 11.9 Å². The highest BCUT2D eigenvalue weighted by Gasteiger charge is 2.33. The molecular formula is C26H22ClN5O4. The molecule has 0 bridgehead atoms. The van der Waals surface area contributed by atoms with Crippen LogP contribution >= 0.6 is 11.6 Å². The zero-order chi connectivity index (χ0) is 25.1. The van der Waals surface area contributed by atoms with Gasteiger partial charge in [-0.1, -0.05) is 60.2 Å². The molecule has 0 spiro atoms. The van der Waals surface area contributed by atoms with Gasteiger partial charge in [0.1, 0.15) is 18.2 Å². The van der Waals surface area contributed by atoms with E-state index in [0.717, 1.165) is 0 Å². The Labute approximate surface area is 211 Å². The summed E-state index contributed by atoms with van der Waals surface area (Å²) in [5.41, 5.74) is 7.58. The van der Waals surface area contributed by atoms with Crippen LogP contribution in [0, 0.1) is 5.92 Å². The first kappa shape index (κ1) is 23.5. The summed E-state index contributed by atoms with van der Waals surface area (Å²) in [6.45, 7) is 0.0509. The molecule has 0 fully saturated rings. The van der Waals surface area contributed by atoms with Crippen LogP contribution in [-0.4, -0.2) is 44.2 Å². The van der Waals surface area contributed by atoms with Crippen LogP contribution in [0.5, 0.6) is 0 Å². The van der Waals surface area contributed by atoms with Crippen molar-refractivity contribution < 1.29 is 19.1 Å². The summed E-state index contributed by atoms with van der Waals surface area (Å²) in [6.07, 6.45) is 5.25. The van der Waals surface area contributed by atoms with Gasteiger partial charge < -0.3 is 19.8 Å². The number of allylic oxidation sites excluding steroid dienone is 1. The molecule has 1 aliphatic rings. The van der Waals surface area contributed by atoms with E-state index in [-0.39, 0.29) is 29.7 Å².